The Kier molecular flexibility index (Phi) is 4.21. The van der Waals surface area contributed by atoms with Gasteiger partial charge in [-0.3, -0.25) is 4.79 Å². The van der Waals surface area contributed by atoms with E-state index in [4.69, 9.17) is 5.73 Å². The van der Waals surface area contributed by atoms with E-state index < -0.39 is 0 Å². The van der Waals surface area contributed by atoms with Gasteiger partial charge in [-0.2, -0.15) is 0 Å². The Bertz CT molecular complexity index is 505. The van der Waals surface area contributed by atoms with Crippen molar-refractivity contribution in [3.8, 4) is 12.8 Å². The second-order valence-electron chi connectivity index (χ2n) is 7.98. The molecule has 22 heavy (non-hydrogen) atoms. The molecule has 2 N–H and O–H groups in total. The van der Waals surface area contributed by atoms with Crippen LogP contribution in [0, 0.1) is 41.9 Å². The largest absolute Gasteiger partial charge is 0.324 e. The Labute approximate surface area is 134 Å². The van der Waals surface area contributed by atoms with E-state index in [-0.39, 0.29) is 5.41 Å². The molecule has 0 radical (unpaired) electrons. The highest BCUT2D eigenvalue weighted by Crippen LogP contribution is 2.60. The molecule has 0 aliphatic heterocycles. The summed E-state index contributed by atoms with van der Waals surface area (Å²) in [6.45, 7) is 2.27. The first-order valence-corrected chi connectivity index (χ1v) is 8.92. The second kappa shape index (κ2) is 5.85. The molecule has 2 heteroatoms. The summed E-state index contributed by atoms with van der Waals surface area (Å²) in [5, 5.41) is 0. The minimum atomic E-state index is 0.0352. The zero-order valence-corrected chi connectivity index (χ0v) is 13.8. The molecular weight excluding hydrogens is 270 g/mol. The highest BCUT2D eigenvalue weighted by Gasteiger charge is 2.55. The zero-order valence-electron chi connectivity index (χ0n) is 13.8. The van der Waals surface area contributed by atoms with Gasteiger partial charge in [0, 0.05) is 17.9 Å². The lowest BCUT2D eigenvalue weighted by Gasteiger charge is -2.52. The molecule has 0 aromatic carbocycles. The van der Waals surface area contributed by atoms with Crippen LogP contribution >= 0.6 is 0 Å². The van der Waals surface area contributed by atoms with Crippen molar-refractivity contribution in [2.45, 2.75) is 64.3 Å². The lowest BCUT2D eigenvalue weighted by atomic mass is 9.52. The first kappa shape index (κ1) is 15.8. The molecule has 6 unspecified atom stereocenters. The Morgan fingerprint density at radius 2 is 1.86 bits per heavy atom. The van der Waals surface area contributed by atoms with Gasteiger partial charge in [-0.1, -0.05) is 18.6 Å². The average Bonchev–Trinajstić information content (AvgIpc) is 2.84. The van der Waals surface area contributed by atoms with Gasteiger partial charge in [0.05, 0.1) is 0 Å². The maximum absolute atomic E-state index is 12.3. The van der Waals surface area contributed by atoms with E-state index in [1.807, 2.05) is 0 Å². The molecule has 4 aliphatic rings. The maximum Gasteiger partial charge on any atom is 0.139 e. The van der Waals surface area contributed by atoms with Crippen LogP contribution < -0.4 is 5.73 Å². The van der Waals surface area contributed by atoms with Gasteiger partial charge in [0.15, 0.2) is 0 Å². The smallest absolute Gasteiger partial charge is 0.139 e. The molecule has 0 bridgehead atoms. The SMILES string of the molecule is C#C.CC12CCC3C4CCC(N)C=C4CCC3C1CCC2=O. The summed E-state index contributed by atoms with van der Waals surface area (Å²) in [7, 11) is 0. The van der Waals surface area contributed by atoms with Crippen LogP contribution in [0.3, 0.4) is 0 Å². The van der Waals surface area contributed by atoms with Crippen molar-refractivity contribution >= 4 is 5.78 Å². The van der Waals surface area contributed by atoms with Crippen molar-refractivity contribution in [2.24, 2.45) is 34.8 Å². The van der Waals surface area contributed by atoms with E-state index in [0.29, 0.717) is 17.7 Å². The summed E-state index contributed by atoms with van der Waals surface area (Å²) in [4.78, 5) is 12.3. The lowest BCUT2D eigenvalue weighted by molar-refractivity contribution is -0.131. The summed E-state index contributed by atoms with van der Waals surface area (Å²) in [6, 6.07) is 0.305. The number of nitrogens with two attached hydrogens (primary N) is 1. The molecule has 4 rings (SSSR count). The van der Waals surface area contributed by atoms with Crippen LogP contribution in [0.5, 0.6) is 0 Å². The Hall–Kier alpha value is -1.07. The number of rotatable bonds is 0. The van der Waals surface area contributed by atoms with Crippen LogP contribution in [0.4, 0.5) is 0 Å². The zero-order chi connectivity index (χ0) is 15.9. The number of Topliss-reactive ketones (excluding diaryl/α,β-unsaturated/α-hetero) is 1. The van der Waals surface area contributed by atoms with Gasteiger partial charge in [0.25, 0.3) is 0 Å². The molecule has 120 valence electrons. The molecule has 3 fully saturated rings. The Balaban J connectivity index is 0.000000693. The minimum absolute atomic E-state index is 0.0352. The van der Waals surface area contributed by atoms with Crippen molar-refractivity contribution < 1.29 is 4.79 Å². The third kappa shape index (κ3) is 2.26. The normalized spacial score (nSPS) is 46.5. The molecular formula is C20H29NO. The van der Waals surface area contributed by atoms with Crippen molar-refractivity contribution in [3.05, 3.63) is 11.6 Å². The number of hydrogen-bond acceptors (Lipinski definition) is 2. The number of allylic oxidation sites excluding steroid dienone is 1. The summed E-state index contributed by atoms with van der Waals surface area (Å²) in [5.74, 6) is 3.72. The van der Waals surface area contributed by atoms with E-state index in [2.05, 4.69) is 25.8 Å². The van der Waals surface area contributed by atoms with Crippen molar-refractivity contribution in [1.82, 2.24) is 0 Å². The van der Waals surface area contributed by atoms with E-state index >= 15 is 0 Å². The summed E-state index contributed by atoms with van der Waals surface area (Å²) < 4.78 is 0. The highest BCUT2D eigenvalue weighted by molar-refractivity contribution is 5.87. The summed E-state index contributed by atoms with van der Waals surface area (Å²) >= 11 is 0. The van der Waals surface area contributed by atoms with Crippen LogP contribution in [-0.4, -0.2) is 11.8 Å². The van der Waals surface area contributed by atoms with E-state index in [1.54, 1.807) is 5.57 Å². The molecule has 0 amide bonds. The van der Waals surface area contributed by atoms with E-state index in [0.717, 1.165) is 37.0 Å². The molecule has 2 nitrogen and oxygen atoms in total. The number of carbonyl (C=O) groups is 1. The van der Waals surface area contributed by atoms with Gasteiger partial charge in [0.1, 0.15) is 5.78 Å². The maximum atomic E-state index is 12.3. The van der Waals surface area contributed by atoms with Crippen LogP contribution in [0.15, 0.2) is 11.6 Å². The van der Waals surface area contributed by atoms with Gasteiger partial charge in [0.2, 0.25) is 0 Å². The Morgan fingerprint density at radius 3 is 2.64 bits per heavy atom. The molecule has 3 saturated carbocycles. The molecule has 0 spiro atoms. The third-order valence-electron chi connectivity index (χ3n) is 7.20. The van der Waals surface area contributed by atoms with Gasteiger partial charge in [-0.05, 0) is 68.6 Å². The fourth-order valence-corrected chi connectivity index (χ4v) is 6.13. The van der Waals surface area contributed by atoms with Crippen molar-refractivity contribution in [2.75, 3.05) is 0 Å². The van der Waals surface area contributed by atoms with E-state index in [9.17, 15) is 4.79 Å². The van der Waals surface area contributed by atoms with Crippen LogP contribution in [0.2, 0.25) is 0 Å². The highest BCUT2D eigenvalue weighted by atomic mass is 16.1. The number of terminal acetylenes is 1. The van der Waals surface area contributed by atoms with Crippen molar-refractivity contribution in [3.63, 3.8) is 0 Å². The van der Waals surface area contributed by atoms with Crippen LogP contribution in [0.1, 0.15) is 58.3 Å². The van der Waals surface area contributed by atoms with Gasteiger partial charge < -0.3 is 5.73 Å². The van der Waals surface area contributed by atoms with Gasteiger partial charge in [-0.25, -0.2) is 0 Å². The standard InChI is InChI=1S/C18H27NO.C2H2/c1-18-9-8-14-13-5-3-12(19)10-11(13)2-4-15(14)16(18)6-7-17(18)20;1-2/h10,12-16H,2-9,19H2,1H3;1-2H. The predicted molar refractivity (Wildman–Crippen MR) is 90.0 cm³/mol. The molecule has 4 aliphatic carbocycles. The third-order valence-corrected chi connectivity index (χ3v) is 7.20. The molecule has 0 saturated heterocycles. The summed E-state index contributed by atoms with van der Waals surface area (Å²) in [5.41, 5.74) is 7.81. The number of ketones is 1. The topological polar surface area (TPSA) is 43.1 Å². The molecule has 0 aromatic heterocycles. The molecule has 6 atom stereocenters. The second-order valence-corrected chi connectivity index (χ2v) is 7.98. The number of carbonyl (C=O) groups excluding carboxylic acids is 1. The van der Waals surface area contributed by atoms with Gasteiger partial charge >= 0.3 is 0 Å². The minimum Gasteiger partial charge on any atom is -0.324 e. The average molecular weight is 299 g/mol. The quantitative estimate of drug-likeness (QED) is 0.547. The van der Waals surface area contributed by atoms with Gasteiger partial charge in [-0.15, -0.1) is 12.8 Å². The number of fused-ring (bicyclic) bond motifs is 5. The monoisotopic (exact) mass is 299 g/mol. The summed E-state index contributed by atoms with van der Waals surface area (Å²) in [6.07, 6.45) is 19.8. The van der Waals surface area contributed by atoms with Crippen LogP contribution in [0.25, 0.3) is 0 Å². The first-order valence-electron chi connectivity index (χ1n) is 8.92. The lowest BCUT2D eigenvalue weighted by Crippen LogP contribution is -2.47. The van der Waals surface area contributed by atoms with Crippen molar-refractivity contribution in [1.29, 1.82) is 0 Å². The Morgan fingerprint density at radius 1 is 1.09 bits per heavy atom. The first-order chi connectivity index (χ1) is 10.6. The molecule has 0 aromatic rings. The molecule has 0 heterocycles. The van der Waals surface area contributed by atoms with E-state index in [1.165, 1.54) is 32.1 Å². The fraction of sp³-hybridized carbons (Fsp3) is 0.750. The van der Waals surface area contributed by atoms with Crippen LogP contribution in [-0.2, 0) is 4.79 Å². The predicted octanol–water partition coefficient (Wildman–Crippen LogP) is 3.70. The number of hydrogen-bond donors (Lipinski definition) is 1. The fourth-order valence-electron chi connectivity index (χ4n) is 6.13.